The van der Waals surface area contributed by atoms with Crippen molar-refractivity contribution in [2.75, 3.05) is 30.4 Å². The Morgan fingerprint density at radius 3 is 2.90 bits per heavy atom. The van der Waals surface area contributed by atoms with Crippen molar-refractivity contribution >= 4 is 23.6 Å². The average Bonchev–Trinajstić information content (AvgIpc) is 2.75. The summed E-state index contributed by atoms with van der Waals surface area (Å²) in [5.41, 5.74) is 2.12. The van der Waals surface area contributed by atoms with Crippen molar-refractivity contribution in [1.29, 1.82) is 0 Å². The minimum atomic E-state index is 0.00885. The third kappa shape index (κ3) is 3.73. The lowest BCUT2D eigenvalue weighted by molar-refractivity contribution is 0.183. The van der Waals surface area contributed by atoms with Gasteiger partial charge in [-0.3, -0.25) is 10.00 Å². The first-order valence-corrected chi connectivity index (χ1v) is 9.03. The zero-order chi connectivity index (χ0) is 15.4. The van der Waals surface area contributed by atoms with Crippen molar-refractivity contribution in [2.24, 2.45) is 13.0 Å². The highest BCUT2D eigenvalue weighted by molar-refractivity contribution is 7.98. The quantitative estimate of drug-likeness (QED) is 0.930. The van der Waals surface area contributed by atoms with Gasteiger partial charge in [-0.15, -0.1) is 0 Å². The van der Waals surface area contributed by atoms with E-state index in [4.69, 9.17) is 0 Å². The van der Waals surface area contributed by atoms with Gasteiger partial charge in [0.05, 0.1) is 5.69 Å². The molecule has 5 nitrogen and oxygen atoms in total. The zero-order valence-electron chi connectivity index (χ0n) is 13.5. The lowest BCUT2D eigenvalue weighted by Gasteiger charge is -2.32. The maximum Gasteiger partial charge on any atom is 0.323 e. The van der Waals surface area contributed by atoms with Crippen LogP contribution in [0.3, 0.4) is 0 Å². The van der Waals surface area contributed by atoms with Crippen LogP contribution in [0.5, 0.6) is 0 Å². The van der Waals surface area contributed by atoms with E-state index in [0.717, 1.165) is 48.8 Å². The normalized spacial score (nSPS) is 18.9. The summed E-state index contributed by atoms with van der Waals surface area (Å²) in [6.07, 6.45) is 5.35. The highest BCUT2D eigenvalue weighted by Gasteiger charge is 2.24. The molecule has 0 aromatic carbocycles. The van der Waals surface area contributed by atoms with E-state index in [0.29, 0.717) is 5.92 Å². The number of carbonyl (C=O) groups excluding carboxylic acids is 1. The maximum absolute atomic E-state index is 12.5. The van der Waals surface area contributed by atoms with Crippen LogP contribution in [0.25, 0.3) is 0 Å². The van der Waals surface area contributed by atoms with Crippen molar-refractivity contribution in [3.05, 3.63) is 11.3 Å². The summed E-state index contributed by atoms with van der Waals surface area (Å²) >= 11 is 1.86. The van der Waals surface area contributed by atoms with Gasteiger partial charge in [-0.25, -0.2) is 4.79 Å². The van der Waals surface area contributed by atoms with Crippen LogP contribution in [0.2, 0.25) is 0 Å². The lowest BCUT2D eigenvalue weighted by atomic mass is 10.0. The fraction of sp³-hybridized carbons (Fsp3) is 0.733. The van der Waals surface area contributed by atoms with E-state index in [1.54, 1.807) is 4.68 Å². The molecule has 0 aliphatic carbocycles. The second-order valence-corrected chi connectivity index (χ2v) is 6.65. The van der Waals surface area contributed by atoms with E-state index < -0.39 is 0 Å². The van der Waals surface area contributed by atoms with E-state index in [9.17, 15) is 4.79 Å². The highest BCUT2D eigenvalue weighted by Crippen LogP contribution is 2.22. The highest BCUT2D eigenvalue weighted by atomic mass is 32.2. The number of amides is 2. The number of nitrogens with zero attached hydrogens (tertiary/aromatic N) is 3. The fourth-order valence-corrected chi connectivity index (χ4v) is 3.74. The molecule has 2 heterocycles. The third-order valence-corrected chi connectivity index (χ3v) is 4.96. The first kappa shape index (κ1) is 16.2. The number of hydrogen-bond donors (Lipinski definition) is 1. The van der Waals surface area contributed by atoms with Crippen molar-refractivity contribution < 1.29 is 4.79 Å². The molecule has 118 valence electrons. The van der Waals surface area contributed by atoms with E-state index in [-0.39, 0.29) is 6.03 Å². The fourth-order valence-electron chi connectivity index (χ4n) is 3.00. The van der Waals surface area contributed by atoms with Gasteiger partial charge in [0.2, 0.25) is 0 Å². The van der Waals surface area contributed by atoms with E-state index >= 15 is 0 Å². The molecule has 1 aliphatic rings. The Morgan fingerprint density at radius 1 is 1.52 bits per heavy atom. The molecule has 6 heteroatoms. The second kappa shape index (κ2) is 7.20. The topological polar surface area (TPSA) is 50.2 Å². The number of rotatable bonds is 4. The molecule has 0 saturated carbocycles. The first-order chi connectivity index (χ1) is 10.1. The number of carbonyl (C=O) groups is 1. The van der Waals surface area contributed by atoms with Gasteiger partial charge in [-0.05, 0) is 44.1 Å². The summed E-state index contributed by atoms with van der Waals surface area (Å²) in [6.45, 7) is 5.82. The van der Waals surface area contributed by atoms with Crippen molar-refractivity contribution in [1.82, 2.24) is 14.7 Å². The third-order valence-electron chi connectivity index (χ3n) is 4.15. The Morgan fingerprint density at radius 2 is 2.29 bits per heavy atom. The smallest absolute Gasteiger partial charge is 0.323 e. The first-order valence-electron chi connectivity index (χ1n) is 7.64. The van der Waals surface area contributed by atoms with Crippen LogP contribution in [0.15, 0.2) is 0 Å². The molecule has 0 spiro atoms. The predicted octanol–water partition coefficient (Wildman–Crippen LogP) is 2.90. The van der Waals surface area contributed by atoms with Crippen LogP contribution in [-0.4, -0.2) is 45.8 Å². The molecule has 0 radical (unpaired) electrons. The van der Waals surface area contributed by atoms with Gasteiger partial charge in [0.15, 0.2) is 0 Å². The number of urea groups is 1. The van der Waals surface area contributed by atoms with Gasteiger partial charge in [0, 0.05) is 25.7 Å². The summed E-state index contributed by atoms with van der Waals surface area (Å²) in [6, 6.07) is 0.00885. The van der Waals surface area contributed by atoms with Crippen molar-refractivity contribution in [2.45, 2.75) is 33.1 Å². The van der Waals surface area contributed by atoms with Crippen LogP contribution in [-0.2, 0) is 13.5 Å². The summed E-state index contributed by atoms with van der Waals surface area (Å²) in [5, 5.41) is 7.50. The van der Waals surface area contributed by atoms with Gasteiger partial charge in [-0.1, -0.05) is 6.92 Å². The molecule has 0 bridgehead atoms. The van der Waals surface area contributed by atoms with Crippen LogP contribution in [0, 0.1) is 12.8 Å². The molecule has 1 atom stereocenters. The molecule has 1 aromatic heterocycles. The Labute approximate surface area is 131 Å². The Balaban J connectivity index is 2.02. The summed E-state index contributed by atoms with van der Waals surface area (Å²) in [4.78, 5) is 14.4. The van der Waals surface area contributed by atoms with Gasteiger partial charge in [-0.2, -0.15) is 16.9 Å². The van der Waals surface area contributed by atoms with E-state index in [1.807, 2.05) is 30.6 Å². The SMILES string of the molecule is CCc1nn(C)c(NC(=O)N2CCCC(CSC)C2)c1C. The standard InChI is InChI=1S/C15H26N4OS/c1-5-13-11(2)14(18(3)17-13)16-15(20)19-8-6-7-12(9-19)10-21-4/h12H,5-10H2,1-4H3,(H,16,20). The lowest BCUT2D eigenvalue weighted by Crippen LogP contribution is -2.43. The monoisotopic (exact) mass is 310 g/mol. The summed E-state index contributed by atoms with van der Waals surface area (Å²) < 4.78 is 1.77. The minimum Gasteiger partial charge on any atom is -0.324 e. The Kier molecular flexibility index (Phi) is 5.56. The molecular formula is C15H26N4OS. The Bertz CT molecular complexity index is 498. The zero-order valence-corrected chi connectivity index (χ0v) is 14.3. The van der Waals surface area contributed by atoms with Crippen LogP contribution < -0.4 is 5.32 Å². The number of thioether (sulfide) groups is 1. The van der Waals surface area contributed by atoms with Gasteiger partial charge in [0.25, 0.3) is 0 Å². The van der Waals surface area contributed by atoms with Crippen LogP contribution in [0.4, 0.5) is 10.6 Å². The molecular weight excluding hydrogens is 284 g/mol. The molecule has 2 amide bonds. The minimum absolute atomic E-state index is 0.00885. The molecule has 1 aromatic rings. The predicted molar refractivity (Wildman–Crippen MR) is 89.0 cm³/mol. The van der Waals surface area contributed by atoms with E-state index in [2.05, 4.69) is 23.6 Å². The summed E-state index contributed by atoms with van der Waals surface area (Å²) in [5.74, 6) is 2.58. The van der Waals surface area contributed by atoms with Gasteiger partial charge < -0.3 is 4.90 Å². The number of aromatic nitrogens is 2. The average molecular weight is 310 g/mol. The van der Waals surface area contributed by atoms with Gasteiger partial charge in [0.1, 0.15) is 5.82 Å². The van der Waals surface area contributed by atoms with Gasteiger partial charge >= 0.3 is 6.03 Å². The van der Waals surface area contributed by atoms with Crippen LogP contribution >= 0.6 is 11.8 Å². The molecule has 1 aliphatic heterocycles. The number of anilines is 1. The molecule has 2 rings (SSSR count). The van der Waals surface area contributed by atoms with E-state index in [1.165, 1.54) is 6.42 Å². The Hall–Kier alpha value is -1.17. The van der Waals surface area contributed by atoms with Crippen LogP contribution in [0.1, 0.15) is 31.0 Å². The molecule has 1 fully saturated rings. The molecule has 21 heavy (non-hydrogen) atoms. The van der Waals surface area contributed by atoms with Crippen molar-refractivity contribution in [3.63, 3.8) is 0 Å². The molecule has 1 unspecified atom stereocenters. The molecule has 1 N–H and O–H groups in total. The van der Waals surface area contributed by atoms with Crippen molar-refractivity contribution in [3.8, 4) is 0 Å². The molecule has 1 saturated heterocycles. The maximum atomic E-state index is 12.5. The second-order valence-electron chi connectivity index (χ2n) is 5.74. The largest absolute Gasteiger partial charge is 0.324 e. The number of hydrogen-bond acceptors (Lipinski definition) is 3. The number of piperidine rings is 1. The number of likely N-dealkylation sites (tertiary alicyclic amines) is 1. The number of aryl methyl sites for hydroxylation is 2. The summed E-state index contributed by atoms with van der Waals surface area (Å²) in [7, 11) is 1.88. The number of nitrogens with one attached hydrogen (secondary N) is 1.